The lowest BCUT2D eigenvalue weighted by atomic mass is 9.91. The third kappa shape index (κ3) is 3.37. The zero-order valence-electron chi connectivity index (χ0n) is 10.5. The van der Waals surface area contributed by atoms with Crippen LogP contribution in [0.15, 0.2) is 18.3 Å². The Kier molecular flexibility index (Phi) is 4.29. The summed E-state index contributed by atoms with van der Waals surface area (Å²) in [7, 11) is 0. The van der Waals surface area contributed by atoms with Gasteiger partial charge in [-0.05, 0) is 37.8 Å². The van der Waals surface area contributed by atoms with Gasteiger partial charge in [-0.1, -0.05) is 0 Å². The van der Waals surface area contributed by atoms with E-state index in [4.69, 9.17) is 5.11 Å². The molecule has 1 saturated carbocycles. The highest BCUT2D eigenvalue weighted by Gasteiger charge is 2.32. The van der Waals surface area contributed by atoms with Gasteiger partial charge >= 0.3 is 6.18 Å². The minimum absolute atomic E-state index is 0.0299. The number of alkyl halides is 3. The maximum atomic E-state index is 12.7. The van der Waals surface area contributed by atoms with Crippen molar-refractivity contribution in [1.29, 1.82) is 0 Å². The summed E-state index contributed by atoms with van der Waals surface area (Å²) in [6, 6.07) is 2.33. The highest BCUT2D eigenvalue weighted by Crippen LogP contribution is 2.33. The Morgan fingerprint density at radius 2 is 2.11 bits per heavy atom. The van der Waals surface area contributed by atoms with E-state index in [2.05, 4.69) is 4.98 Å². The average molecular weight is 274 g/mol. The molecule has 0 aromatic carbocycles. The molecule has 19 heavy (non-hydrogen) atoms. The number of anilines is 1. The van der Waals surface area contributed by atoms with E-state index in [1.54, 1.807) is 0 Å². The number of aliphatic hydroxyl groups is 1. The first-order chi connectivity index (χ1) is 9.02. The molecule has 1 aliphatic carbocycles. The topological polar surface area (TPSA) is 36.4 Å². The lowest BCUT2D eigenvalue weighted by Gasteiger charge is -2.38. The van der Waals surface area contributed by atoms with Crippen LogP contribution < -0.4 is 4.90 Å². The molecule has 2 rings (SSSR count). The van der Waals surface area contributed by atoms with Crippen molar-refractivity contribution in [3.63, 3.8) is 0 Å². The third-order valence-electron chi connectivity index (χ3n) is 3.44. The molecular weight excluding hydrogens is 257 g/mol. The molecule has 1 fully saturated rings. The maximum absolute atomic E-state index is 12.7. The Balaban J connectivity index is 2.20. The number of pyridine rings is 1. The van der Waals surface area contributed by atoms with Crippen molar-refractivity contribution in [1.82, 2.24) is 4.98 Å². The molecule has 0 radical (unpaired) electrons. The van der Waals surface area contributed by atoms with Crippen molar-refractivity contribution in [3.05, 3.63) is 23.9 Å². The molecule has 0 aliphatic heterocycles. The molecule has 1 heterocycles. The van der Waals surface area contributed by atoms with Crippen LogP contribution in [0.5, 0.6) is 0 Å². The highest BCUT2D eigenvalue weighted by molar-refractivity contribution is 5.43. The molecule has 6 heteroatoms. The molecule has 0 atom stereocenters. The van der Waals surface area contributed by atoms with E-state index in [1.165, 1.54) is 6.20 Å². The fraction of sp³-hybridized carbons (Fsp3) is 0.615. The number of hydrogen-bond donors (Lipinski definition) is 1. The van der Waals surface area contributed by atoms with Crippen molar-refractivity contribution < 1.29 is 18.3 Å². The van der Waals surface area contributed by atoms with Gasteiger partial charge in [0, 0.05) is 25.4 Å². The van der Waals surface area contributed by atoms with E-state index < -0.39 is 11.7 Å². The summed E-state index contributed by atoms with van der Waals surface area (Å²) in [4.78, 5) is 5.94. The summed E-state index contributed by atoms with van der Waals surface area (Å²) in [6.07, 6.45) is 0.434. The van der Waals surface area contributed by atoms with Crippen LogP contribution in [-0.2, 0) is 6.18 Å². The molecule has 0 saturated heterocycles. The summed E-state index contributed by atoms with van der Waals surface area (Å²) in [5.74, 6) is 0.355. The number of aliphatic hydroxyl groups excluding tert-OH is 1. The lowest BCUT2D eigenvalue weighted by Crippen LogP contribution is -2.41. The molecule has 1 aliphatic rings. The molecule has 0 unspecified atom stereocenters. The van der Waals surface area contributed by atoms with Gasteiger partial charge in [0.15, 0.2) is 0 Å². The number of halogens is 3. The van der Waals surface area contributed by atoms with Crippen LogP contribution in [0, 0.1) is 0 Å². The largest absolute Gasteiger partial charge is 0.416 e. The highest BCUT2D eigenvalue weighted by atomic mass is 19.4. The second-order valence-corrected chi connectivity index (χ2v) is 4.76. The van der Waals surface area contributed by atoms with Gasteiger partial charge in [-0.2, -0.15) is 13.2 Å². The van der Waals surface area contributed by atoms with Gasteiger partial charge in [-0.3, -0.25) is 0 Å². The maximum Gasteiger partial charge on any atom is 0.416 e. The predicted octanol–water partition coefficient (Wildman–Crippen LogP) is 2.84. The van der Waals surface area contributed by atoms with Gasteiger partial charge < -0.3 is 10.0 Å². The number of rotatable bonds is 5. The molecular formula is C13H17F3N2O. The van der Waals surface area contributed by atoms with E-state index in [9.17, 15) is 13.2 Å². The zero-order chi connectivity index (χ0) is 13.9. The van der Waals surface area contributed by atoms with Crippen LogP contribution in [0.25, 0.3) is 0 Å². The van der Waals surface area contributed by atoms with Crippen LogP contribution >= 0.6 is 0 Å². The fourth-order valence-corrected chi connectivity index (χ4v) is 2.18. The van der Waals surface area contributed by atoms with E-state index in [1.807, 2.05) is 4.90 Å². The Labute approximate surface area is 110 Å². The first-order valence-corrected chi connectivity index (χ1v) is 6.43. The summed E-state index contributed by atoms with van der Waals surface area (Å²) < 4.78 is 38.1. The van der Waals surface area contributed by atoms with E-state index in [0.29, 0.717) is 18.8 Å². The quantitative estimate of drug-likeness (QED) is 0.897. The average Bonchev–Trinajstić information content (AvgIpc) is 2.31. The van der Waals surface area contributed by atoms with E-state index in [0.717, 1.165) is 31.4 Å². The molecule has 0 spiro atoms. The Morgan fingerprint density at radius 3 is 2.63 bits per heavy atom. The van der Waals surface area contributed by atoms with Gasteiger partial charge in [0.05, 0.1) is 5.56 Å². The Morgan fingerprint density at radius 1 is 1.37 bits per heavy atom. The summed E-state index contributed by atoms with van der Waals surface area (Å²) >= 11 is 0. The van der Waals surface area contributed by atoms with Crippen LogP contribution in [0.4, 0.5) is 19.0 Å². The van der Waals surface area contributed by atoms with Crippen LogP contribution in [0.1, 0.15) is 31.2 Å². The normalized spacial score (nSPS) is 16.2. The van der Waals surface area contributed by atoms with Crippen LogP contribution in [-0.4, -0.2) is 29.3 Å². The molecule has 0 bridgehead atoms. The SMILES string of the molecule is OCCCN(c1cc(C(F)(F)F)ccn1)C1CCC1. The van der Waals surface area contributed by atoms with Gasteiger partial charge in [-0.15, -0.1) is 0 Å². The monoisotopic (exact) mass is 274 g/mol. The minimum Gasteiger partial charge on any atom is -0.396 e. The smallest absolute Gasteiger partial charge is 0.396 e. The fourth-order valence-electron chi connectivity index (χ4n) is 2.18. The second kappa shape index (κ2) is 5.77. The van der Waals surface area contributed by atoms with Crippen molar-refractivity contribution in [3.8, 4) is 0 Å². The van der Waals surface area contributed by atoms with Crippen LogP contribution in [0.3, 0.4) is 0 Å². The molecule has 1 aromatic heterocycles. The van der Waals surface area contributed by atoms with Gasteiger partial charge in [-0.25, -0.2) is 4.98 Å². The molecule has 0 amide bonds. The summed E-state index contributed by atoms with van der Waals surface area (Å²) in [5.41, 5.74) is -0.675. The first kappa shape index (κ1) is 14.1. The summed E-state index contributed by atoms with van der Waals surface area (Å²) in [5, 5.41) is 8.89. The zero-order valence-corrected chi connectivity index (χ0v) is 10.5. The van der Waals surface area contributed by atoms with Gasteiger partial charge in [0.25, 0.3) is 0 Å². The van der Waals surface area contributed by atoms with E-state index >= 15 is 0 Å². The third-order valence-corrected chi connectivity index (χ3v) is 3.44. The first-order valence-electron chi connectivity index (χ1n) is 6.43. The van der Waals surface area contributed by atoms with Crippen molar-refractivity contribution in [2.24, 2.45) is 0 Å². The second-order valence-electron chi connectivity index (χ2n) is 4.76. The van der Waals surface area contributed by atoms with E-state index in [-0.39, 0.29) is 12.6 Å². The van der Waals surface area contributed by atoms with Crippen molar-refractivity contribution >= 4 is 5.82 Å². The standard InChI is InChI=1S/C13H17F3N2O/c14-13(15,16)10-5-6-17-12(9-10)18(7-2-8-19)11-3-1-4-11/h5-6,9,11,19H,1-4,7-8H2. The predicted molar refractivity (Wildman–Crippen MR) is 65.9 cm³/mol. The van der Waals surface area contributed by atoms with Gasteiger partial charge in [0.2, 0.25) is 0 Å². The minimum atomic E-state index is -4.35. The van der Waals surface area contributed by atoms with Crippen molar-refractivity contribution in [2.45, 2.75) is 37.9 Å². The van der Waals surface area contributed by atoms with Gasteiger partial charge in [0.1, 0.15) is 5.82 Å². The molecule has 1 N–H and O–H groups in total. The Hall–Kier alpha value is -1.30. The Bertz CT molecular complexity index is 419. The molecule has 1 aromatic rings. The van der Waals surface area contributed by atoms with Crippen LogP contribution in [0.2, 0.25) is 0 Å². The van der Waals surface area contributed by atoms with Crippen molar-refractivity contribution in [2.75, 3.05) is 18.1 Å². The number of nitrogens with zero attached hydrogens (tertiary/aromatic N) is 2. The molecule has 106 valence electrons. The number of hydrogen-bond acceptors (Lipinski definition) is 3. The number of aromatic nitrogens is 1. The lowest BCUT2D eigenvalue weighted by molar-refractivity contribution is -0.137. The summed E-state index contributed by atoms with van der Waals surface area (Å²) in [6.45, 7) is 0.567. The molecule has 3 nitrogen and oxygen atoms in total.